The van der Waals surface area contributed by atoms with Crippen LogP contribution >= 0.6 is 0 Å². The van der Waals surface area contributed by atoms with E-state index in [1.807, 2.05) is 0 Å². The SMILES string of the molecule is COCC(=O)Nc1ccc(NS(=O)(=O)c2ccc(OCC(=O)O)c(C)c2)cc1. The highest BCUT2D eigenvalue weighted by atomic mass is 32.2. The fraction of sp³-hybridized carbons (Fsp3) is 0.222. The van der Waals surface area contributed by atoms with Crippen molar-refractivity contribution in [3.8, 4) is 5.75 Å². The van der Waals surface area contributed by atoms with E-state index in [1.54, 1.807) is 19.1 Å². The average Bonchev–Trinajstić information content (AvgIpc) is 2.62. The van der Waals surface area contributed by atoms with E-state index in [0.29, 0.717) is 16.9 Å². The highest BCUT2D eigenvalue weighted by Crippen LogP contribution is 2.24. The first-order valence-corrected chi connectivity index (χ1v) is 9.56. The minimum atomic E-state index is -3.86. The number of methoxy groups -OCH3 is 1. The molecule has 2 aromatic rings. The van der Waals surface area contributed by atoms with Crippen LogP contribution in [0.2, 0.25) is 0 Å². The molecule has 0 fully saturated rings. The number of amides is 1. The molecule has 2 aromatic carbocycles. The van der Waals surface area contributed by atoms with Crippen LogP contribution in [-0.2, 0) is 24.3 Å². The molecule has 2 rings (SSSR count). The van der Waals surface area contributed by atoms with Crippen molar-refractivity contribution in [3.05, 3.63) is 48.0 Å². The Kier molecular flexibility index (Phi) is 6.96. The summed E-state index contributed by atoms with van der Waals surface area (Å²) in [5.74, 6) is -1.16. The standard InChI is InChI=1S/C18H20N2O7S/c1-12-9-15(7-8-16(12)27-11-18(22)23)28(24,25)20-14-5-3-13(4-6-14)19-17(21)10-26-2/h3-9,20H,10-11H2,1-2H3,(H,19,21)(H,22,23). The average molecular weight is 408 g/mol. The number of aliphatic carboxylic acids is 1. The second-order valence-electron chi connectivity index (χ2n) is 5.77. The number of nitrogens with one attached hydrogen (secondary N) is 2. The lowest BCUT2D eigenvalue weighted by Gasteiger charge is -2.12. The molecule has 28 heavy (non-hydrogen) atoms. The predicted molar refractivity (Wildman–Crippen MR) is 102 cm³/mol. The number of hydrogen-bond acceptors (Lipinski definition) is 6. The molecule has 9 nitrogen and oxygen atoms in total. The van der Waals surface area contributed by atoms with Gasteiger partial charge >= 0.3 is 5.97 Å². The number of sulfonamides is 1. The molecule has 10 heteroatoms. The summed E-state index contributed by atoms with van der Waals surface area (Å²) in [5.41, 5.74) is 1.30. The summed E-state index contributed by atoms with van der Waals surface area (Å²) in [6.45, 7) is 1.02. The molecule has 0 unspecified atom stereocenters. The molecule has 1 amide bonds. The van der Waals surface area contributed by atoms with Gasteiger partial charge in [-0.15, -0.1) is 0 Å². The number of carboxylic acids is 1. The van der Waals surface area contributed by atoms with E-state index in [4.69, 9.17) is 14.6 Å². The summed E-state index contributed by atoms with van der Waals surface area (Å²) in [5, 5.41) is 11.2. The van der Waals surface area contributed by atoms with E-state index in [-0.39, 0.29) is 23.2 Å². The van der Waals surface area contributed by atoms with Gasteiger partial charge in [0.1, 0.15) is 12.4 Å². The van der Waals surface area contributed by atoms with E-state index >= 15 is 0 Å². The molecule has 0 aliphatic rings. The van der Waals surface area contributed by atoms with Gasteiger partial charge in [0.15, 0.2) is 6.61 Å². The van der Waals surface area contributed by atoms with Crippen molar-refractivity contribution in [2.24, 2.45) is 0 Å². The molecule has 0 heterocycles. The zero-order valence-electron chi connectivity index (χ0n) is 15.3. The molecule has 0 aromatic heterocycles. The van der Waals surface area contributed by atoms with Crippen LogP contribution in [0.4, 0.5) is 11.4 Å². The molecule has 0 bridgehead atoms. The van der Waals surface area contributed by atoms with Gasteiger partial charge in [-0.1, -0.05) is 0 Å². The highest BCUT2D eigenvalue weighted by molar-refractivity contribution is 7.92. The minimum absolute atomic E-state index is 0.00477. The normalized spacial score (nSPS) is 10.9. The van der Waals surface area contributed by atoms with Gasteiger partial charge < -0.3 is 19.9 Å². The van der Waals surface area contributed by atoms with E-state index in [0.717, 1.165) is 0 Å². The summed E-state index contributed by atoms with van der Waals surface area (Å²) in [7, 11) is -2.45. The summed E-state index contributed by atoms with van der Waals surface area (Å²) in [4.78, 5) is 22.0. The zero-order valence-corrected chi connectivity index (χ0v) is 16.1. The predicted octanol–water partition coefficient (Wildman–Crippen LogP) is 1.84. The van der Waals surface area contributed by atoms with Crippen LogP contribution in [0.1, 0.15) is 5.56 Å². The van der Waals surface area contributed by atoms with Crippen LogP contribution in [0.25, 0.3) is 0 Å². The Hall–Kier alpha value is -3.11. The third-order valence-corrected chi connectivity index (χ3v) is 4.88. The van der Waals surface area contributed by atoms with Gasteiger partial charge in [-0.05, 0) is 55.0 Å². The Morgan fingerprint density at radius 2 is 1.68 bits per heavy atom. The van der Waals surface area contributed by atoms with Gasteiger partial charge in [-0.25, -0.2) is 13.2 Å². The van der Waals surface area contributed by atoms with Gasteiger partial charge in [0.2, 0.25) is 5.91 Å². The second-order valence-corrected chi connectivity index (χ2v) is 7.46. The largest absolute Gasteiger partial charge is 0.482 e. The van der Waals surface area contributed by atoms with Crippen molar-refractivity contribution in [1.82, 2.24) is 0 Å². The molecule has 150 valence electrons. The Morgan fingerprint density at radius 1 is 1.04 bits per heavy atom. The van der Waals surface area contributed by atoms with Crippen LogP contribution in [0.15, 0.2) is 47.4 Å². The lowest BCUT2D eigenvalue weighted by atomic mass is 10.2. The van der Waals surface area contributed by atoms with Gasteiger partial charge in [0.25, 0.3) is 10.0 Å². The molecule has 0 atom stereocenters. The molecule has 0 spiro atoms. The first-order valence-electron chi connectivity index (χ1n) is 8.08. The quantitative estimate of drug-likeness (QED) is 0.577. The van der Waals surface area contributed by atoms with E-state index in [2.05, 4.69) is 10.0 Å². The first-order chi connectivity index (χ1) is 13.2. The summed E-state index contributed by atoms with van der Waals surface area (Å²) < 4.78 is 37.3. The van der Waals surface area contributed by atoms with Gasteiger partial charge in [-0.2, -0.15) is 0 Å². The van der Waals surface area contributed by atoms with Crippen molar-refractivity contribution >= 4 is 33.3 Å². The molecule has 0 saturated heterocycles. The Labute approximate surface area is 162 Å². The van der Waals surface area contributed by atoms with E-state index < -0.39 is 22.6 Å². The number of rotatable bonds is 9. The molecular weight excluding hydrogens is 388 g/mol. The monoisotopic (exact) mass is 408 g/mol. The number of anilines is 2. The molecule has 0 aliphatic carbocycles. The lowest BCUT2D eigenvalue weighted by Crippen LogP contribution is -2.17. The molecule has 0 aliphatic heterocycles. The molecule has 0 saturated carbocycles. The highest BCUT2D eigenvalue weighted by Gasteiger charge is 2.16. The number of carboxylic acid groups (broad SMARTS) is 1. The summed E-state index contributed by atoms with van der Waals surface area (Å²) in [6.07, 6.45) is 0. The Morgan fingerprint density at radius 3 is 2.25 bits per heavy atom. The number of carbonyl (C=O) groups is 2. The Balaban J connectivity index is 2.09. The number of aryl methyl sites for hydroxylation is 1. The maximum atomic E-state index is 12.5. The maximum absolute atomic E-state index is 12.5. The maximum Gasteiger partial charge on any atom is 0.341 e. The first kappa shape index (κ1) is 21.2. The number of carbonyl (C=O) groups excluding carboxylic acids is 1. The van der Waals surface area contributed by atoms with Crippen LogP contribution in [0.5, 0.6) is 5.75 Å². The molecule has 3 N–H and O–H groups in total. The van der Waals surface area contributed by atoms with Crippen molar-refractivity contribution in [1.29, 1.82) is 0 Å². The smallest absolute Gasteiger partial charge is 0.341 e. The van der Waals surface area contributed by atoms with E-state index in [1.165, 1.54) is 37.4 Å². The van der Waals surface area contributed by atoms with E-state index in [9.17, 15) is 18.0 Å². The van der Waals surface area contributed by atoms with Gasteiger partial charge in [-0.3, -0.25) is 9.52 Å². The summed E-state index contributed by atoms with van der Waals surface area (Å²) in [6, 6.07) is 10.2. The fourth-order valence-corrected chi connectivity index (χ4v) is 3.40. The number of hydrogen-bond donors (Lipinski definition) is 3. The topological polar surface area (TPSA) is 131 Å². The van der Waals surface area contributed by atoms with Crippen LogP contribution < -0.4 is 14.8 Å². The van der Waals surface area contributed by atoms with Gasteiger partial charge in [0.05, 0.1) is 4.90 Å². The third-order valence-electron chi connectivity index (χ3n) is 3.50. The zero-order chi connectivity index (χ0) is 20.7. The summed E-state index contributed by atoms with van der Waals surface area (Å²) >= 11 is 0. The van der Waals surface area contributed by atoms with Crippen LogP contribution in [0.3, 0.4) is 0 Å². The van der Waals surface area contributed by atoms with Crippen molar-refractivity contribution < 1.29 is 32.6 Å². The third kappa shape index (κ3) is 5.96. The van der Waals surface area contributed by atoms with Crippen LogP contribution in [0, 0.1) is 6.92 Å². The molecular formula is C18H20N2O7S. The van der Waals surface area contributed by atoms with Crippen molar-refractivity contribution in [2.45, 2.75) is 11.8 Å². The lowest BCUT2D eigenvalue weighted by molar-refractivity contribution is -0.139. The number of ether oxygens (including phenoxy) is 2. The van der Waals surface area contributed by atoms with Crippen molar-refractivity contribution in [3.63, 3.8) is 0 Å². The van der Waals surface area contributed by atoms with Crippen molar-refractivity contribution in [2.75, 3.05) is 30.4 Å². The minimum Gasteiger partial charge on any atom is -0.482 e. The number of benzene rings is 2. The van der Waals surface area contributed by atoms with Gasteiger partial charge in [0, 0.05) is 18.5 Å². The fourth-order valence-electron chi connectivity index (χ4n) is 2.25. The molecule has 0 radical (unpaired) electrons. The van der Waals surface area contributed by atoms with Crippen LogP contribution in [-0.4, -0.2) is 45.7 Å². The Bertz CT molecular complexity index is 956. The second kappa shape index (κ2) is 9.20.